The summed E-state index contributed by atoms with van der Waals surface area (Å²) in [5.41, 5.74) is 1.40. The molecule has 0 bridgehead atoms. The van der Waals surface area contributed by atoms with Crippen LogP contribution in [0.2, 0.25) is 0 Å². The lowest BCUT2D eigenvalue weighted by atomic mass is 9.95. The number of fused-ring (bicyclic) bond motifs is 1. The van der Waals surface area contributed by atoms with Crippen molar-refractivity contribution in [3.63, 3.8) is 0 Å². The summed E-state index contributed by atoms with van der Waals surface area (Å²) in [6, 6.07) is 8.80. The molecule has 1 aromatic carbocycles. The van der Waals surface area contributed by atoms with Crippen LogP contribution >= 0.6 is 11.8 Å². The number of unbranched alkanes of at least 4 members (excludes halogenated alkanes) is 1. The smallest absolute Gasteiger partial charge is 0.0926 e. The van der Waals surface area contributed by atoms with Crippen LogP contribution in [0.1, 0.15) is 40.0 Å². The number of para-hydroxylation sites is 1. The predicted molar refractivity (Wildman–Crippen MR) is 77.8 cm³/mol. The molecule has 0 aromatic heterocycles. The fraction of sp³-hybridized carbons (Fsp3) is 0.600. The molecule has 1 nitrogen and oxygen atoms in total. The molecule has 0 N–H and O–H groups in total. The van der Waals surface area contributed by atoms with Crippen molar-refractivity contribution in [1.82, 2.24) is 0 Å². The van der Waals surface area contributed by atoms with E-state index in [1.165, 1.54) is 29.8 Å². The number of benzene rings is 1. The summed E-state index contributed by atoms with van der Waals surface area (Å²) in [6.07, 6.45) is 3.86. The van der Waals surface area contributed by atoms with Gasteiger partial charge in [0, 0.05) is 11.9 Å². The van der Waals surface area contributed by atoms with E-state index < -0.39 is 0 Å². The first-order valence-electron chi connectivity index (χ1n) is 6.63. The van der Waals surface area contributed by atoms with Crippen molar-refractivity contribution in [2.24, 2.45) is 5.92 Å². The summed E-state index contributed by atoms with van der Waals surface area (Å²) >= 11 is 2.07. The lowest BCUT2D eigenvalue weighted by Crippen LogP contribution is -2.45. The molecule has 1 heterocycles. The van der Waals surface area contributed by atoms with Crippen LogP contribution in [0.5, 0.6) is 0 Å². The van der Waals surface area contributed by atoms with Crippen LogP contribution in [-0.2, 0) is 0 Å². The highest BCUT2D eigenvalue weighted by molar-refractivity contribution is 8.01. The van der Waals surface area contributed by atoms with Crippen LogP contribution in [0.3, 0.4) is 0 Å². The van der Waals surface area contributed by atoms with Gasteiger partial charge < -0.3 is 4.90 Å². The second-order valence-electron chi connectivity index (χ2n) is 5.23. The topological polar surface area (TPSA) is 3.24 Å². The third-order valence-electron chi connectivity index (χ3n) is 3.87. The highest BCUT2D eigenvalue weighted by Gasteiger charge is 2.44. The van der Waals surface area contributed by atoms with Crippen molar-refractivity contribution in [3.8, 4) is 0 Å². The van der Waals surface area contributed by atoms with Crippen molar-refractivity contribution in [2.45, 2.75) is 49.8 Å². The maximum Gasteiger partial charge on any atom is 0.0926 e. The van der Waals surface area contributed by atoms with E-state index in [0.717, 1.165) is 0 Å². The summed E-state index contributed by atoms with van der Waals surface area (Å²) in [4.78, 5) is 4.22. The van der Waals surface area contributed by atoms with Crippen molar-refractivity contribution in [3.05, 3.63) is 24.3 Å². The van der Waals surface area contributed by atoms with E-state index in [9.17, 15) is 0 Å². The Hall–Kier alpha value is -0.630. The van der Waals surface area contributed by atoms with Gasteiger partial charge >= 0.3 is 0 Å². The fourth-order valence-corrected chi connectivity index (χ4v) is 4.28. The molecule has 1 aliphatic heterocycles. The van der Waals surface area contributed by atoms with Gasteiger partial charge in [0.25, 0.3) is 0 Å². The Kier molecular flexibility index (Phi) is 3.72. The zero-order valence-corrected chi connectivity index (χ0v) is 12.2. The molecule has 1 aliphatic rings. The molecule has 0 unspecified atom stereocenters. The van der Waals surface area contributed by atoms with Crippen LogP contribution in [0.15, 0.2) is 29.2 Å². The normalized spacial score (nSPS) is 23.2. The molecule has 1 aromatic rings. The first-order valence-corrected chi connectivity index (χ1v) is 7.45. The molecule has 2 heteroatoms. The van der Waals surface area contributed by atoms with E-state index in [0.29, 0.717) is 5.92 Å². The Morgan fingerprint density at radius 2 is 2.00 bits per heavy atom. The molecule has 0 saturated heterocycles. The second kappa shape index (κ2) is 4.93. The fourth-order valence-electron chi connectivity index (χ4n) is 2.73. The SMILES string of the molecule is CCCC[C@]1(C(C)C)Sc2ccccc2N1C. The standard InChI is InChI=1S/C15H23NS/c1-5-6-11-15(12(2)3)16(4)13-9-7-8-10-14(13)17-15/h7-10,12H,5-6,11H2,1-4H3/t15-/m1/s1. The van der Waals surface area contributed by atoms with E-state index in [1.807, 2.05) is 0 Å². The molecule has 1 atom stereocenters. The summed E-state index contributed by atoms with van der Waals surface area (Å²) in [7, 11) is 2.26. The Morgan fingerprint density at radius 3 is 2.59 bits per heavy atom. The zero-order chi connectivity index (χ0) is 12.5. The monoisotopic (exact) mass is 249 g/mol. The van der Waals surface area contributed by atoms with E-state index in [1.54, 1.807) is 0 Å². The van der Waals surface area contributed by atoms with Crippen LogP contribution in [0.4, 0.5) is 5.69 Å². The van der Waals surface area contributed by atoms with Gasteiger partial charge in [0.05, 0.1) is 10.6 Å². The molecule has 0 spiro atoms. The molecule has 17 heavy (non-hydrogen) atoms. The number of hydrogen-bond acceptors (Lipinski definition) is 2. The number of nitrogens with zero attached hydrogens (tertiary/aromatic N) is 1. The van der Waals surface area contributed by atoms with Crippen molar-refractivity contribution in [2.75, 3.05) is 11.9 Å². The zero-order valence-electron chi connectivity index (χ0n) is 11.4. The van der Waals surface area contributed by atoms with Gasteiger partial charge in [-0.1, -0.05) is 57.5 Å². The van der Waals surface area contributed by atoms with Crippen LogP contribution in [0.25, 0.3) is 0 Å². The molecule has 2 rings (SSSR count). The lowest BCUT2D eigenvalue weighted by Gasteiger charge is -2.40. The Bertz CT molecular complexity index is 388. The lowest BCUT2D eigenvalue weighted by molar-refractivity contribution is 0.396. The van der Waals surface area contributed by atoms with Gasteiger partial charge in [-0.3, -0.25) is 0 Å². The predicted octanol–water partition coefficient (Wildman–Crippen LogP) is 4.77. The van der Waals surface area contributed by atoms with Crippen molar-refractivity contribution >= 4 is 17.4 Å². The minimum Gasteiger partial charge on any atom is -0.358 e. The van der Waals surface area contributed by atoms with Gasteiger partial charge in [-0.2, -0.15) is 0 Å². The van der Waals surface area contributed by atoms with Gasteiger partial charge in [-0.05, 0) is 24.5 Å². The summed E-state index contributed by atoms with van der Waals surface area (Å²) in [5, 5.41) is 0. The Balaban J connectivity index is 2.32. The maximum absolute atomic E-state index is 2.51. The third kappa shape index (κ3) is 2.08. The summed E-state index contributed by atoms with van der Waals surface area (Å²) in [6.45, 7) is 6.98. The highest BCUT2D eigenvalue weighted by Crippen LogP contribution is 2.54. The van der Waals surface area contributed by atoms with E-state index in [-0.39, 0.29) is 4.87 Å². The number of anilines is 1. The molecule has 0 fully saturated rings. The largest absolute Gasteiger partial charge is 0.358 e. The molecule has 0 aliphatic carbocycles. The molecular weight excluding hydrogens is 226 g/mol. The van der Waals surface area contributed by atoms with Gasteiger partial charge in [-0.25, -0.2) is 0 Å². The minimum atomic E-state index is 0.264. The maximum atomic E-state index is 2.51. The molecule has 0 saturated carbocycles. The van der Waals surface area contributed by atoms with Crippen LogP contribution < -0.4 is 4.90 Å². The molecule has 94 valence electrons. The summed E-state index contributed by atoms with van der Waals surface area (Å²) in [5.74, 6) is 0.663. The quantitative estimate of drug-likeness (QED) is 0.756. The summed E-state index contributed by atoms with van der Waals surface area (Å²) < 4.78 is 0. The number of thioether (sulfide) groups is 1. The van der Waals surface area contributed by atoms with Crippen LogP contribution in [-0.4, -0.2) is 11.9 Å². The molecule has 0 amide bonds. The van der Waals surface area contributed by atoms with E-state index >= 15 is 0 Å². The highest BCUT2D eigenvalue weighted by atomic mass is 32.2. The third-order valence-corrected chi connectivity index (χ3v) is 5.74. The van der Waals surface area contributed by atoms with Gasteiger partial charge in [0.2, 0.25) is 0 Å². The Labute approximate surface area is 110 Å². The number of hydrogen-bond donors (Lipinski definition) is 0. The minimum absolute atomic E-state index is 0.264. The van der Waals surface area contributed by atoms with E-state index in [4.69, 9.17) is 0 Å². The van der Waals surface area contributed by atoms with Gasteiger partial charge in [0.15, 0.2) is 0 Å². The average molecular weight is 249 g/mol. The van der Waals surface area contributed by atoms with Crippen LogP contribution in [0, 0.1) is 5.92 Å². The number of rotatable bonds is 4. The first-order chi connectivity index (χ1) is 8.12. The second-order valence-corrected chi connectivity index (χ2v) is 6.58. The van der Waals surface area contributed by atoms with Crippen molar-refractivity contribution < 1.29 is 0 Å². The van der Waals surface area contributed by atoms with Crippen molar-refractivity contribution in [1.29, 1.82) is 0 Å². The molecule has 0 radical (unpaired) electrons. The average Bonchev–Trinajstić information content (AvgIpc) is 2.62. The van der Waals surface area contributed by atoms with Gasteiger partial charge in [-0.15, -0.1) is 0 Å². The first kappa shape index (κ1) is 12.8. The molecular formula is C15H23NS. The van der Waals surface area contributed by atoms with E-state index in [2.05, 4.69) is 68.7 Å². The Morgan fingerprint density at radius 1 is 1.29 bits per heavy atom. The van der Waals surface area contributed by atoms with Gasteiger partial charge in [0.1, 0.15) is 0 Å².